The quantitative estimate of drug-likeness (QED) is 0.837. The predicted octanol–water partition coefficient (Wildman–Crippen LogP) is 4.74. The highest BCUT2D eigenvalue weighted by Crippen LogP contribution is 2.41. The molecule has 2 N–H and O–H groups in total. The number of anilines is 1. The molecule has 4 rings (SSSR count). The van der Waals surface area contributed by atoms with Gasteiger partial charge in [0.1, 0.15) is 11.4 Å². The molecule has 2 heterocycles. The lowest BCUT2D eigenvalue weighted by molar-refractivity contribution is -0.119. The molecule has 1 amide bonds. The van der Waals surface area contributed by atoms with E-state index in [-0.39, 0.29) is 17.4 Å². The number of hydrogen-bond acceptors (Lipinski definition) is 3. The Kier molecular flexibility index (Phi) is 4.47. The summed E-state index contributed by atoms with van der Waals surface area (Å²) >= 11 is 0. The van der Waals surface area contributed by atoms with Gasteiger partial charge in [-0.15, -0.1) is 0 Å². The molecule has 1 unspecified atom stereocenters. The number of rotatable bonds is 3. The Morgan fingerprint density at radius 1 is 1.23 bits per heavy atom. The molecule has 2 aromatic rings. The van der Waals surface area contributed by atoms with Crippen LogP contribution in [0.15, 0.2) is 30.3 Å². The minimum Gasteiger partial charge on any atom is -0.488 e. The van der Waals surface area contributed by atoms with Gasteiger partial charge in [-0.2, -0.15) is 5.10 Å². The van der Waals surface area contributed by atoms with Crippen molar-refractivity contribution in [3.63, 3.8) is 0 Å². The van der Waals surface area contributed by atoms with Crippen LogP contribution in [0, 0.1) is 0 Å². The number of nitrogens with one attached hydrogen (secondary N) is 2. The van der Waals surface area contributed by atoms with E-state index in [1.165, 1.54) is 32.1 Å². The molecular formula is C21H27N3O2. The van der Waals surface area contributed by atoms with E-state index in [4.69, 9.17) is 4.74 Å². The SMILES string of the molecule is CC1(C)CC(C(=O)Nc2cc(C3CCCCC3)[nH]n2)c2ccccc2O1. The van der Waals surface area contributed by atoms with Gasteiger partial charge in [0.2, 0.25) is 5.91 Å². The largest absolute Gasteiger partial charge is 0.488 e. The van der Waals surface area contributed by atoms with Crippen LogP contribution < -0.4 is 10.1 Å². The van der Waals surface area contributed by atoms with Crippen LogP contribution >= 0.6 is 0 Å². The zero-order valence-electron chi connectivity index (χ0n) is 15.5. The van der Waals surface area contributed by atoms with Gasteiger partial charge in [0.15, 0.2) is 5.82 Å². The fraction of sp³-hybridized carbons (Fsp3) is 0.524. The number of ether oxygens (including phenoxy) is 1. The van der Waals surface area contributed by atoms with E-state index in [2.05, 4.69) is 15.5 Å². The first-order valence-electron chi connectivity index (χ1n) is 9.66. The molecule has 5 heteroatoms. The molecular weight excluding hydrogens is 326 g/mol. The third-order valence-electron chi connectivity index (χ3n) is 5.59. The van der Waals surface area contributed by atoms with Gasteiger partial charge < -0.3 is 10.1 Å². The van der Waals surface area contributed by atoms with E-state index in [0.717, 1.165) is 17.0 Å². The van der Waals surface area contributed by atoms with E-state index in [0.29, 0.717) is 18.2 Å². The molecule has 5 nitrogen and oxygen atoms in total. The number of nitrogens with zero attached hydrogens (tertiary/aromatic N) is 1. The number of para-hydroxylation sites is 1. The molecule has 1 aliphatic carbocycles. The van der Waals surface area contributed by atoms with Crippen molar-refractivity contribution < 1.29 is 9.53 Å². The van der Waals surface area contributed by atoms with Crippen molar-refractivity contribution >= 4 is 11.7 Å². The lowest BCUT2D eigenvalue weighted by Crippen LogP contribution is -2.38. The summed E-state index contributed by atoms with van der Waals surface area (Å²) in [5, 5.41) is 10.5. The molecule has 138 valence electrons. The van der Waals surface area contributed by atoms with Crippen molar-refractivity contribution in [3.05, 3.63) is 41.6 Å². The zero-order chi connectivity index (χ0) is 18.1. The first kappa shape index (κ1) is 17.1. The maximum Gasteiger partial charge on any atom is 0.233 e. The lowest BCUT2D eigenvalue weighted by Gasteiger charge is -2.36. The van der Waals surface area contributed by atoms with Crippen molar-refractivity contribution in [2.75, 3.05) is 5.32 Å². The Morgan fingerprint density at radius 3 is 2.81 bits per heavy atom. The van der Waals surface area contributed by atoms with Gasteiger partial charge in [-0.05, 0) is 32.8 Å². The molecule has 1 aromatic carbocycles. The number of carbonyl (C=O) groups is 1. The van der Waals surface area contributed by atoms with Gasteiger partial charge in [-0.25, -0.2) is 0 Å². The summed E-state index contributed by atoms with van der Waals surface area (Å²) < 4.78 is 6.03. The fourth-order valence-corrected chi connectivity index (χ4v) is 4.27. The first-order chi connectivity index (χ1) is 12.5. The highest BCUT2D eigenvalue weighted by atomic mass is 16.5. The number of H-pyrrole nitrogens is 1. The van der Waals surface area contributed by atoms with Crippen LogP contribution in [-0.4, -0.2) is 21.7 Å². The average molecular weight is 353 g/mol. The van der Waals surface area contributed by atoms with E-state index >= 15 is 0 Å². The Hall–Kier alpha value is -2.30. The summed E-state index contributed by atoms with van der Waals surface area (Å²) in [5.41, 5.74) is 1.73. The van der Waals surface area contributed by atoms with Gasteiger partial charge in [0.05, 0.1) is 5.92 Å². The van der Waals surface area contributed by atoms with Crippen molar-refractivity contribution in [1.29, 1.82) is 0 Å². The zero-order valence-corrected chi connectivity index (χ0v) is 15.5. The Morgan fingerprint density at radius 2 is 2.00 bits per heavy atom. The Balaban J connectivity index is 1.50. The summed E-state index contributed by atoms with van der Waals surface area (Å²) in [6.07, 6.45) is 6.94. The summed E-state index contributed by atoms with van der Waals surface area (Å²) in [5.74, 6) is 1.72. The first-order valence-corrected chi connectivity index (χ1v) is 9.66. The molecule has 0 saturated heterocycles. The highest BCUT2D eigenvalue weighted by Gasteiger charge is 2.37. The van der Waals surface area contributed by atoms with Crippen LogP contribution in [0.3, 0.4) is 0 Å². The maximum absolute atomic E-state index is 13.0. The van der Waals surface area contributed by atoms with Gasteiger partial charge in [-0.1, -0.05) is 37.5 Å². The van der Waals surface area contributed by atoms with Crippen molar-refractivity contribution in [2.45, 2.75) is 69.8 Å². The number of aromatic nitrogens is 2. The van der Waals surface area contributed by atoms with Crippen LogP contribution in [0.25, 0.3) is 0 Å². The summed E-state index contributed by atoms with van der Waals surface area (Å²) in [4.78, 5) is 13.0. The van der Waals surface area contributed by atoms with Crippen LogP contribution in [0.5, 0.6) is 5.75 Å². The number of fused-ring (bicyclic) bond motifs is 1. The van der Waals surface area contributed by atoms with Crippen LogP contribution in [-0.2, 0) is 4.79 Å². The second kappa shape index (κ2) is 6.78. The topological polar surface area (TPSA) is 67.0 Å². The van der Waals surface area contributed by atoms with Gasteiger partial charge >= 0.3 is 0 Å². The van der Waals surface area contributed by atoms with Gasteiger partial charge in [0, 0.05) is 29.7 Å². The molecule has 2 aliphatic rings. The molecule has 1 atom stereocenters. The monoisotopic (exact) mass is 353 g/mol. The maximum atomic E-state index is 13.0. The minimum atomic E-state index is -0.366. The van der Waals surface area contributed by atoms with Crippen LogP contribution in [0.1, 0.15) is 75.5 Å². The van der Waals surface area contributed by atoms with E-state index in [1.54, 1.807) is 0 Å². The molecule has 1 aromatic heterocycles. The number of benzene rings is 1. The second-order valence-electron chi connectivity index (χ2n) is 8.19. The molecule has 0 spiro atoms. The molecule has 1 saturated carbocycles. The number of amides is 1. The standard InChI is InChI=1S/C21H27N3O2/c1-21(2)13-16(15-10-6-7-11-18(15)26-21)20(25)22-19-12-17(23-24-19)14-8-4-3-5-9-14/h6-7,10-12,14,16H,3-5,8-9,13H2,1-2H3,(H2,22,23,24,25). The Labute approximate surface area is 154 Å². The van der Waals surface area contributed by atoms with Crippen LogP contribution in [0.4, 0.5) is 5.82 Å². The third-order valence-corrected chi connectivity index (χ3v) is 5.59. The molecule has 0 bridgehead atoms. The molecule has 1 aliphatic heterocycles. The summed E-state index contributed by atoms with van der Waals surface area (Å²) in [6, 6.07) is 9.82. The van der Waals surface area contributed by atoms with Crippen molar-refractivity contribution in [1.82, 2.24) is 10.2 Å². The Bertz CT molecular complexity index is 790. The van der Waals surface area contributed by atoms with Crippen molar-refractivity contribution in [3.8, 4) is 5.75 Å². The summed E-state index contributed by atoms with van der Waals surface area (Å²) in [6.45, 7) is 4.05. The molecule has 0 radical (unpaired) electrons. The lowest BCUT2D eigenvalue weighted by atomic mass is 9.84. The van der Waals surface area contributed by atoms with E-state index in [1.807, 2.05) is 44.2 Å². The normalized spacial score (nSPS) is 22.3. The number of carbonyl (C=O) groups excluding carboxylic acids is 1. The second-order valence-corrected chi connectivity index (χ2v) is 8.19. The van der Waals surface area contributed by atoms with E-state index in [9.17, 15) is 4.79 Å². The van der Waals surface area contributed by atoms with E-state index < -0.39 is 0 Å². The fourth-order valence-electron chi connectivity index (χ4n) is 4.27. The number of aromatic amines is 1. The van der Waals surface area contributed by atoms with Crippen LogP contribution in [0.2, 0.25) is 0 Å². The smallest absolute Gasteiger partial charge is 0.233 e. The van der Waals surface area contributed by atoms with Gasteiger partial charge in [0.25, 0.3) is 0 Å². The van der Waals surface area contributed by atoms with Gasteiger partial charge in [-0.3, -0.25) is 9.89 Å². The highest BCUT2D eigenvalue weighted by molar-refractivity contribution is 5.95. The third kappa shape index (κ3) is 3.48. The predicted molar refractivity (Wildman–Crippen MR) is 102 cm³/mol. The summed E-state index contributed by atoms with van der Waals surface area (Å²) in [7, 11) is 0. The number of hydrogen-bond donors (Lipinski definition) is 2. The van der Waals surface area contributed by atoms with Crippen molar-refractivity contribution in [2.24, 2.45) is 0 Å². The molecule has 26 heavy (non-hydrogen) atoms. The molecule has 1 fully saturated rings. The minimum absolute atomic E-state index is 0.0180. The average Bonchev–Trinajstić information content (AvgIpc) is 3.09.